The zero-order chi connectivity index (χ0) is 30.1. The van der Waals surface area contributed by atoms with Crippen LogP contribution in [-0.2, 0) is 27.5 Å². The predicted molar refractivity (Wildman–Crippen MR) is 166 cm³/mol. The second kappa shape index (κ2) is 12.1. The van der Waals surface area contributed by atoms with Crippen LogP contribution >= 0.6 is 11.8 Å². The van der Waals surface area contributed by atoms with Gasteiger partial charge in [0.05, 0.1) is 29.2 Å². The highest BCUT2D eigenvalue weighted by atomic mass is 32.2. The van der Waals surface area contributed by atoms with E-state index in [2.05, 4.69) is 20.1 Å². The van der Waals surface area contributed by atoms with Crippen molar-refractivity contribution in [3.63, 3.8) is 0 Å². The summed E-state index contributed by atoms with van der Waals surface area (Å²) in [5.41, 5.74) is 1.99. The SMILES string of the molecule is C=CCN(Cc1ccccc1)C(=O)C1N([C@H](C)CO)C(=O)[C@@H]2[C@@H](C(=O)N(CC=C)Cc3ccccc3)[C@@]3(C)CCC12S3. The first kappa shape index (κ1) is 30.1. The van der Waals surface area contributed by atoms with Gasteiger partial charge in [-0.1, -0.05) is 72.8 Å². The molecular formula is C34H41N3O4S. The van der Waals surface area contributed by atoms with Crippen LogP contribution in [0.1, 0.15) is 37.8 Å². The average Bonchev–Trinajstić information content (AvgIpc) is 3.57. The van der Waals surface area contributed by atoms with Gasteiger partial charge in [-0.15, -0.1) is 24.9 Å². The summed E-state index contributed by atoms with van der Waals surface area (Å²) in [5, 5.41) is 10.2. The lowest BCUT2D eigenvalue weighted by Gasteiger charge is -2.39. The Morgan fingerprint density at radius 3 is 2.00 bits per heavy atom. The van der Waals surface area contributed by atoms with E-state index >= 15 is 0 Å². The van der Waals surface area contributed by atoms with Crippen LogP contribution in [0.4, 0.5) is 0 Å². The predicted octanol–water partition coefficient (Wildman–Crippen LogP) is 4.28. The third-order valence-electron chi connectivity index (χ3n) is 9.21. The Morgan fingerprint density at radius 1 is 0.976 bits per heavy atom. The minimum absolute atomic E-state index is 0.0781. The van der Waals surface area contributed by atoms with Gasteiger partial charge in [0.15, 0.2) is 0 Å². The Balaban J connectivity index is 1.53. The molecule has 3 heterocycles. The molecule has 0 saturated carbocycles. The van der Waals surface area contributed by atoms with Crippen molar-refractivity contribution in [1.29, 1.82) is 0 Å². The number of aliphatic hydroxyl groups is 1. The molecule has 1 spiro atoms. The lowest BCUT2D eigenvalue weighted by atomic mass is 9.66. The number of aliphatic hydroxyl groups excluding tert-OH is 1. The van der Waals surface area contributed by atoms with E-state index in [-0.39, 0.29) is 24.3 Å². The minimum atomic E-state index is -0.785. The van der Waals surface area contributed by atoms with Crippen LogP contribution in [0.25, 0.3) is 0 Å². The van der Waals surface area contributed by atoms with Crippen LogP contribution in [0.3, 0.4) is 0 Å². The minimum Gasteiger partial charge on any atom is -0.394 e. The molecule has 2 aromatic carbocycles. The number of carbonyl (C=O) groups is 3. The number of likely N-dealkylation sites (tertiary alicyclic amines) is 1. The summed E-state index contributed by atoms with van der Waals surface area (Å²) in [6, 6.07) is 18.2. The van der Waals surface area contributed by atoms with Crippen LogP contribution in [0, 0.1) is 11.8 Å². The second-order valence-electron chi connectivity index (χ2n) is 12.0. The maximum Gasteiger partial charge on any atom is 0.247 e. The maximum absolute atomic E-state index is 14.6. The van der Waals surface area contributed by atoms with Crippen LogP contribution < -0.4 is 0 Å². The molecule has 3 aliphatic heterocycles. The molecule has 2 aromatic rings. The highest BCUT2D eigenvalue weighted by Gasteiger charge is 2.77. The summed E-state index contributed by atoms with van der Waals surface area (Å²) in [6.45, 7) is 12.9. The summed E-state index contributed by atoms with van der Waals surface area (Å²) in [5.74, 6) is -1.68. The van der Waals surface area contributed by atoms with E-state index in [0.717, 1.165) is 17.5 Å². The van der Waals surface area contributed by atoms with Gasteiger partial charge in [0.25, 0.3) is 0 Å². The number of fused-ring (bicyclic) bond motifs is 1. The monoisotopic (exact) mass is 587 g/mol. The molecule has 0 aliphatic carbocycles. The van der Waals surface area contributed by atoms with Crippen molar-refractivity contribution in [1.82, 2.24) is 14.7 Å². The number of carbonyl (C=O) groups excluding carboxylic acids is 3. The number of amides is 3. The van der Waals surface area contributed by atoms with Gasteiger partial charge in [-0.25, -0.2) is 0 Å². The molecule has 2 bridgehead atoms. The number of thioether (sulfide) groups is 1. The molecule has 1 N–H and O–H groups in total. The summed E-state index contributed by atoms with van der Waals surface area (Å²) in [7, 11) is 0. The highest BCUT2D eigenvalue weighted by Crippen LogP contribution is 2.72. The Morgan fingerprint density at radius 2 is 1.50 bits per heavy atom. The van der Waals surface area contributed by atoms with E-state index in [0.29, 0.717) is 32.6 Å². The average molecular weight is 588 g/mol. The lowest BCUT2D eigenvalue weighted by molar-refractivity contribution is -0.147. The lowest BCUT2D eigenvalue weighted by Crippen LogP contribution is -2.56. The molecule has 6 atom stereocenters. The van der Waals surface area contributed by atoms with Crippen molar-refractivity contribution in [2.45, 2.75) is 61.4 Å². The quantitative estimate of drug-likeness (QED) is 0.375. The first-order valence-corrected chi connectivity index (χ1v) is 15.5. The number of benzene rings is 2. The molecule has 5 rings (SSSR count). The van der Waals surface area contributed by atoms with E-state index in [9.17, 15) is 19.5 Å². The van der Waals surface area contributed by atoms with Gasteiger partial charge in [-0.3, -0.25) is 14.4 Å². The maximum atomic E-state index is 14.6. The summed E-state index contributed by atoms with van der Waals surface area (Å²) in [6.07, 6.45) is 4.82. The van der Waals surface area contributed by atoms with Crippen molar-refractivity contribution in [3.05, 3.63) is 97.1 Å². The van der Waals surface area contributed by atoms with Crippen molar-refractivity contribution in [2.24, 2.45) is 11.8 Å². The molecule has 3 aliphatic rings. The Hall–Kier alpha value is -3.36. The van der Waals surface area contributed by atoms with E-state index in [1.165, 1.54) is 0 Å². The molecule has 7 nitrogen and oxygen atoms in total. The van der Waals surface area contributed by atoms with Gasteiger partial charge in [-0.2, -0.15) is 0 Å². The van der Waals surface area contributed by atoms with E-state index < -0.39 is 33.4 Å². The molecule has 0 aromatic heterocycles. The molecule has 42 heavy (non-hydrogen) atoms. The van der Waals surface area contributed by atoms with Gasteiger partial charge >= 0.3 is 0 Å². The molecule has 2 unspecified atom stereocenters. The topological polar surface area (TPSA) is 81.2 Å². The fraction of sp³-hybridized carbons (Fsp3) is 0.441. The smallest absolute Gasteiger partial charge is 0.247 e. The number of hydrogen-bond donors (Lipinski definition) is 1. The molecule has 3 fully saturated rings. The van der Waals surface area contributed by atoms with Gasteiger partial charge in [0.2, 0.25) is 17.7 Å². The van der Waals surface area contributed by atoms with Gasteiger partial charge < -0.3 is 19.8 Å². The fourth-order valence-electron chi connectivity index (χ4n) is 7.34. The van der Waals surface area contributed by atoms with Crippen molar-refractivity contribution < 1.29 is 19.5 Å². The van der Waals surface area contributed by atoms with Crippen LogP contribution in [0.2, 0.25) is 0 Å². The van der Waals surface area contributed by atoms with Crippen LogP contribution in [-0.4, -0.2) is 78.8 Å². The van der Waals surface area contributed by atoms with Gasteiger partial charge in [0.1, 0.15) is 6.04 Å². The zero-order valence-corrected chi connectivity index (χ0v) is 25.3. The fourth-order valence-corrected chi connectivity index (χ4v) is 9.67. The van der Waals surface area contributed by atoms with Crippen molar-refractivity contribution >= 4 is 29.5 Å². The summed E-state index contributed by atoms with van der Waals surface area (Å²) < 4.78 is -1.24. The van der Waals surface area contributed by atoms with Crippen LogP contribution in [0.5, 0.6) is 0 Å². The molecule has 3 amide bonds. The first-order valence-electron chi connectivity index (χ1n) is 14.7. The van der Waals surface area contributed by atoms with Crippen molar-refractivity contribution in [2.75, 3.05) is 19.7 Å². The zero-order valence-electron chi connectivity index (χ0n) is 24.5. The normalized spacial score (nSPS) is 28.3. The third kappa shape index (κ3) is 5.09. The Bertz CT molecular complexity index is 1340. The molecule has 0 radical (unpaired) electrons. The second-order valence-corrected chi connectivity index (χ2v) is 13.9. The Labute approximate surface area is 253 Å². The summed E-state index contributed by atoms with van der Waals surface area (Å²) >= 11 is 1.65. The van der Waals surface area contributed by atoms with E-state index in [1.807, 2.05) is 60.7 Å². The molecule has 222 valence electrons. The third-order valence-corrected chi connectivity index (χ3v) is 11.2. The largest absolute Gasteiger partial charge is 0.394 e. The molecule has 3 saturated heterocycles. The van der Waals surface area contributed by atoms with E-state index in [4.69, 9.17) is 0 Å². The number of nitrogens with zero attached hydrogens (tertiary/aromatic N) is 3. The van der Waals surface area contributed by atoms with Gasteiger partial charge in [-0.05, 0) is 37.8 Å². The van der Waals surface area contributed by atoms with Crippen LogP contribution in [0.15, 0.2) is 86.0 Å². The first-order chi connectivity index (χ1) is 20.2. The Kier molecular flexibility index (Phi) is 8.67. The summed E-state index contributed by atoms with van der Waals surface area (Å²) in [4.78, 5) is 48.6. The molecule has 8 heteroatoms. The van der Waals surface area contributed by atoms with E-state index in [1.54, 1.807) is 45.5 Å². The number of hydrogen-bond acceptors (Lipinski definition) is 5. The van der Waals surface area contributed by atoms with Crippen molar-refractivity contribution in [3.8, 4) is 0 Å². The number of rotatable bonds is 12. The standard InChI is InChI=1S/C34H41N3O4S/c1-5-19-35(21-25-13-9-7-10-14-25)30(39)27-28-31(40)37(24(3)23-38)29(34(28)18-17-33(27,4)42-34)32(41)36(20-6-2)22-26-15-11-8-12-16-26/h5-16,24,27-29,38H,1-2,17-23H2,3-4H3/t24-,27+,28+,29?,33-,34?/m1/s1. The molecular weight excluding hydrogens is 546 g/mol. The van der Waals surface area contributed by atoms with Gasteiger partial charge in [0, 0.05) is 30.9 Å². The highest BCUT2D eigenvalue weighted by molar-refractivity contribution is 8.02.